The second-order valence-corrected chi connectivity index (χ2v) is 5.20. The number of hydrogen-bond acceptors (Lipinski definition) is 4. The highest BCUT2D eigenvalue weighted by Gasteiger charge is 2.14. The van der Waals surface area contributed by atoms with E-state index in [2.05, 4.69) is 5.32 Å². The summed E-state index contributed by atoms with van der Waals surface area (Å²) in [6, 6.07) is 5.09. The number of hydrogen-bond donors (Lipinski definition) is 2. The Hall–Kier alpha value is -2.11. The Morgan fingerprint density at radius 2 is 2.14 bits per heavy atom. The average Bonchev–Trinajstić information content (AvgIpc) is 2.43. The van der Waals surface area contributed by atoms with Gasteiger partial charge < -0.3 is 10.4 Å². The van der Waals surface area contributed by atoms with Crippen LogP contribution in [0.5, 0.6) is 0 Å². The van der Waals surface area contributed by atoms with Crippen LogP contribution in [0.1, 0.15) is 38.2 Å². The first-order valence-electron chi connectivity index (χ1n) is 7.14. The Morgan fingerprint density at radius 3 is 2.71 bits per heavy atom. The van der Waals surface area contributed by atoms with Gasteiger partial charge in [0.1, 0.15) is 5.69 Å². The monoisotopic (exact) mass is 294 g/mol. The van der Waals surface area contributed by atoms with Crippen molar-refractivity contribution >= 4 is 17.3 Å². The Bertz CT molecular complexity index is 502. The molecule has 1 rings (SSSR count). The molecule has 0 amide bonds. The molecule has 1 unspecified atom stereocenters. The molecule has 0 aliphatic carbocycles. The number of nitrogens with one attached hydrogen (secondary N) is 1. The van der Waals surface area contributed by atoms with Gasteiger partial charge in [-0.1, -0.05) is 19.4 Å². The molecule has 0 bridgehead atoms. The van der Waals surface area contributed by atoms with E-state index in [-0.39, 0.29) is 12.1 Å². The van der Waals surface area contributed by atoms with Crippen molar-refractivity contribution in [1.82, 2.24) is 0 Å². The summed E-state index contributed by atoms with van der Waals surface area (Å²) >= 11 is 0. The molecule has 0 saturated heterocycles. The number of benzene rings is 1. The number of carboxylic acid groups (broad SMARTS) is 1. The van der Waals surface area contributed by atoms with Crippen molar-refractivity contribution < 1.29 is 14.8 Å². The van der Waals surface area contributed by atoms with Gasteiger partial charge >= 0.3 is 5.97 Å². The molecule has 1 aromatic carbocycles. The lowest BCUT2D eigenvalue weighted by molar-refractivity contribution is -0.384. The van der Waals surface area contributed by atoms with Crippen LogP contribution in [-0.2, 0) is 4.79 Å². The molecule has 6 heteroatoms. The van der Waals surface area contributed by atoms with Gasteiger partial charge in [-0.2, -0.15) is 0 Å². The van der Waals surface area contributed by atoms with Gasteiger partial charge in [-0.05, 0) is 37.3 Å². The maximum atomic E-state index is 11.0. The molecule has 0 heterocycles. The summed E-state index contributed by atoms with van der Waals surface area (Å²) in [4.78, 5) is 21.2. The van der Waals surface area contributed by atoms with Gasteiger partial charge in [0.05, 0.1) is 4.92 Å². The number of nitro groups is 1. The first-order chi connectivity index (χ1) is 9.93. The zero-order valence-corrected chi connectivity index (χ0v) is 12.5. The molecule has 0 saturated carbocycles. The third-order valence-corrected chi connectivity index (χ3v) is 3.56. The summed E-state index contributed by atoms with van der Waals surface area (Å²) in [5.41, 5.74) is 1.44. The lowest BCUT2D eigenvalue weighted by atomic mass is 9.96. The maximum absolute atomic E-state index is 11.0. The van der Waals surface area contributed by atoms with Crippen LogP contribution in [0.2, 0.25) is 0 Å². The van der Waals surface area contributed by atoms with Crippen LogP contribution in [-0.4, -0.2) is 22.5 Å². The predicted molar refractivity (Wildman–Crippen MR) is 81.6 cm³/mol. The molecule has 1 atom stereocenters. The van der Waals surface area contributed by atoms with Crippen molar-refractivity contribution in [2.24, 2.45) is 5.92 Å². The van der Waals surface area contributed by atoms with Gasteiger partial charge in [0.25, 0.3) is 5.69 Å². The minimum Gasteiger partial charge on any atom is -0.481 e. The fourth-order valence-electron chi connectivity index (χ4n) is 2.23. The van der Waals surface area contributed by atoms with Crippen LogP contribution < -0.4 is 5.32 Å². The van der Waals surface area contributed by atoms with Gasteiger partial charge in [0, 0.05) is 19.0 Å². The molecule has 2 N–H and O–H groups in total. The van der Waals surface area contributed by atoms with Gasteiger partial charge in [-0.15, -0.1) is 0 Å². The highest BCUT2D eigenvalue weighted by molar-refractivity contribution is 5.66. The quantitative estimate of drug-likeness (QED) is 0.536. The predicted octanol–water partition coefficient (Wildman–Crippen LogP) is 3.60. The summed E-state index contributed by atoms with van der Waals surface area (Å²) in [5, 5.41) is 22.8. The molecule has 0 fully saturated rings. The van der Waals surface area contributed by atoms with Crippen LogP contribution in [0.25, 0.3) is 0 Å². The van der Waals surface area contributed by atoms with E-state index >= 15 is 0 Å². The molecule has 6 nitrogen and oxygen atoms in total. The summed E-state index contributed by atoms with van der Waals surface area (Å²) in [6.07, 6.45) is 2.52. The Kier molecular flexibility index (Phi) is 6.65. The fraction of sp³-hybridized carbons (Fsp3) is 0.533. The van der Waals surface area contributed by atoms with Crippen LogP contribution in [0, 0.1) is 23.0 Å². The van der Waals surface area contributed by atoms with Crippen molar-refractivity contribution in [2.75, 3.05) is 11.9 Å². The molecule has 1 aromatic rings. The van der Waals surface area contributed by atoms with Gasteiger partial charge in [-0.25, -0.2) is 0 Å². The van der Waals surface area contributed by atoms with Crippen molar-refractivity contribution in [3.8, 4) is 0 Å². The normalized spacial score (nSPS) is 11.9. The first-order valence-corrected chi connectivity index (χ1v) is 7.14. The Morgan fingerprint density at radius 1 is 1.43 bits per heavy atom. The molecule has 0 aliphatic rings. The zero-order chi connectivity index (χ0) is 15.8. The largest absolute Gasteiger partial charge is 0.481 e. The number of anilines is 1. The number of nitrogens with zero attached hydrogens (tertiary/aromatic N) is 1. The van der Waals surface area contributed by atoms with Crippen molar-refractivity contribution in [3.05, 3.63) is 33.9 Å². The number of aliphatic carboxylic acids is 1. The topological polar surface area (TPSA) is 92.5 Å². The van der Waals surface area contributed by atoms with E-state index < -0.39 is 10.9 Å². The minimum absolute atomic E-state index is 0.0774. The van der Waals surface area contributed by atoms with Crippen molar-refractivity contribution in [3.63, 3.8) is 0 Å². The Labute approximate surface area is 124 Å². The van der Waals surface area contributed by atoms with E-state index in [1.165, 1.54) is 0 Å². The molecular weight excluding hydrogens is 272 g/mol. The summed E-state index contributed by atoms with van der Waals surface area (Å²) in [6.45, 7) is 4.44. The van der Waals surface area contributed by atoms with Gasteiger partial charge in [-0.3, -0.25) is 14.9 Å². The molecule has 21 heavy (non-hydrogen) atoms. The van der Waals surface area contributed by atoms with E-state index in [1.54, 1.807) is 12.1 Å². The van der Waals surface area contributed by atoms with Crippen molar-refractivity contribution in [1.29, 1.82) is 0 Å². The number of carboxylic acids is 1. The number of rotatable bonds is 9. The molecule has 0 spiro atoms. The number of nitro benzene ring substituents is 1. The lowest BCUT2D eigenvalue weighted by Gasteiger charge is -2.14. The number of aryl methyl sites for hydroxylation is 1. The standard InChI is InChI=1S/C15H22N2O4/c1-3-12(5-7-15(18)19)8-9-16-13-6-4-11(2)10-14(13)17(20)21/h4,6,10,12,16H,3,5,7-9H2,1-2H3,(H,18,19). The second kappa shape index (κ2) is 8.24. The lowest BCUT2D eigenvalue weighted by Crippen LogP contribution is -2.11. The molecule has 116 valence electrons. The summed E-state index contributed by atoms with van der Waals surface area (Å²) < 4.78 is 0. The SMILES string of the molecule is CCC(CCNc1ccc(C)cc1[N+](=O)[O-])CCC(=O)O. The minimum atomic E-state index is -0.782. The van der Waals surface area contributed by atoms with E-state index in [1.807, 2.05) is 19.9 Å². The van der Waals surface area contributed by atoms with E-state index in [0.29, 0.717) is 24.6 Å². The smallest absolute Gasteiger partial charge is 0.303 e. The third kappa shape index (κ3) is 5.81. The van der Waals surface area contributed by atoms with Gasteiger partial charge in [0.15, 0.2) is 0 Å². The van der Waals surface area contributed by atoms with Crippen LogP contribution in [0.15, 0.2) is 18.2 Å². The van der Waals surface area contributed by atoms with Crippen LogP contribution >= 0.6 is 0 Å². The second-order valence-electron chi connectivity index (χ2n) is 5.20. The van der Waals surface area contributed by atoms with E-state index in [9.17, 15) is 14.9 Å². The first kappa shape index (κ1) is 16.9. The van der Waals surface area contributed by atoms with Gasteiger partial charge in [0.2, 0.25) is 0 Å². The fourth-order valence-corrected chi connectivity index (χ4v) is 2.23. The van der Waals surface area contributed by atoms with Crippen LogP contribution in [0.4, 0.5) is 11.4 Å². The zero-order valence-electron chi connectivity index (χ0n) is 12.5. The summed E-state index contributed by atoms with van der Waals surface area (Å²) in [7, 11) is 0. The third-order valence-electron chi connectivity index (χ3n) is 3.56. The number of carbonyl (C=O) groups is 1. The van der Waals surface area contributed by atoms with E-state index in [0.717, 1.165) is 18.4 Å². The van der Waals surface area contributed by atoms with Crippen LogP contribution in [0.3, 0.4) is 0 Å². The highest BCUT2D eigenvalue weighted by atomic mass is 16.6. The molecule has 0 aliphatic heterocycles. The maximum Gasteiger partial charge on any atom is 0.303 e. The summed E-state index contributed by atoms with van der Waals surface area (Å²) in [5.74, 6) is -0.464. The average molecular weight is 294 g/mol. The highest BCUT2D eigenvalue weighted by Crippen LogP contribution is 2.25. The van der Waals surface area contributed by atoms with Crippen molar-refractivity contribution in [2.45, 2.75) is 39.5 Å². The molecule has 0 radical (unpaired) electrons. The Balaban J connectivity index is 2.55. The molecule has 0 aromatic heterocycles. The van der Waals surface area contributed by atoms with E-state index in [4.69, 9.17) is 5.11 Å². The molecular formula is C15H22N2O4.